The molecule has 8 bridgehead atoms. The van der Waals surface area contributed by atoms with Crippen LogP contribution >= 0.6 is 0 Å². The van der Waals surface area contributed by atoms with Gasteiger partial charge in [0.2, 0.25) is 0 Å². The van der Waals surface area contributed by atoms with Crippen LogP contribution in [0.4, 0.5) is 0 Å². The van der Waals surface area contributed by atoms with Gasteiger partial charge >= 0.3 is 19.5 Å². The number of aromatic nitrogens is 4. The SMILES string of the molecule is CC#Cc1ccc(-c2c3nc(c(C)c4ccc([n-]4)c(-c4ccc(C#CC)cc4)c4nc(c(C)c5ccc2[n-]5)C=C4)C=C3)cc1.[Zn+2]. The molecule has 5 aromatic rings. The molecule has 0 saturated heterocycles. The summed E-state index contributed by atoms with van der Waals surface area (Å²) >= 11 is 0. The monoisotopic (exact) mass is 628 g/mol. The molecule has 5 heterocycles. The number of hydrogen-bond acceptors (Lipinski definition) is 2. The van der Waals surface area contributed by atoms with Gasteiger partial charge < -0.3 is 9.97 Å². The topological polar surface area (TPSA) is 54.0 Å². The molecule has 0 amide bonds. The zero-order valence-electron chi connectivity index (χ0n) is 25.7. The van der Waals surface area contributed by atoms with E-state index in [0.717, 1.165) is 89.4 Å². The summed E-state index contributed by atoms with van der Waals surface area (Å²) in [5.41, 5.74) is 15.0. The summed E-state index contributed by atoms with van der Waals surface area (Å²) in [7, 11) is 0. The maximum Gasteiger partial charge on any atom is 2.00 e. The van der Waals surface area contributed by atoms with Crippen molar-refractivity contribution in [2.24, 2.45) is 0 Å². The largest absolute Gasteiger partial charge is 2.00 e. The van der Waals surface area contributed by atoms with Crippen molar-refractivity contribution in [1.29, 1.82) is 0 Å². The van der Waals surface area contributed by atoms with E-state index in [1.54, 1.807) is 0 Å². The Morgan fingerprint density at radius 3 is 1.20 bits per heavy atom. The molecule has 3 aromatic heterocycles. The van der Waals surface area contributed by atoms with Crippen LogP contribution in [0.5, 0.6) is 0 Å². The van der Waals surface area contributed by atoms with Crippen LogP contribution in [0.3, 0.4) is 0 Å². The van der Waals surface area contributed by atoms with Crippen LogP contribution in [0.1, 0.15) is 58.9 Å². The van der Waals surface area contributed by atoms with Gasteiger partial charge in [-0.05, 0) is 110 Å². The summed E-state index contributed by atoms with van der Waals surface area (Å²) in [6.07, 6.45) is 8.28. The van der Waals surface area contributed by atoms with E-state index < -0.39 is 0 Å². The minimum Gasteiger partial charge on any atom is -0.657 e. The molecule has 0 N–H and O–H groups in total. The van der Waals surface area contributed by atoms with E-state index in [4.69, 9.17) is 19.9 Å². The van der Waals surface area contributed by atoms with Gasteiger partial charge in [0, 0.05) is 11.1 Å². The van der Waals surface area contributed by atoms with Crippen molar-refractivity contribution >= 4 is 46.4 Å². The zero-order chi connectivity index (χ0) is 30.2. The first-order valence-electron chi connectivity index (χ1n) is 14.6. The Bertz CT molecular complexity index is 2140. The summed E-state index contributed by atoms with van der Waals surface area (Å²) in [6.45, 7) is 7.85. The zero-order valence-corrected chi connectivity index (χ0v) is 28.7. The second kappa shape index (κ2) is 12.4. The predicted molar refractivity (Wildman–Crippen MR) is 182 cm³/mol. The van der Waals surface area contributed by atoms with Crippen LogP contribution in [0.25, 0.3) is 68.6 Å². The van der Waals surface area contributed by atoms with Crippen molar-refractivity contribution in [1.82, 2.24) is 19.9 Å². The van der Waals surface area contributed by atoms with Crippen LogP contribution < -0.4 is 9.97 Å². The average molecular weight is 630 g/mol. The van der Waals surface area contributed by atoms with Crippen LogP contribution in [-0.2, 0) is 19.5 Å². The number of benzene rings is 2. The molecule has 2 aliphatic rings. The van der Waals surface area contributed by atoms with Gasteiger partial charge in [0.05, 0.1) is 22.8 Å². The second-order valence-corrected chi connectivity index (χ2v) is 10.8. The van der Waals surface area contributed by atoms with E-state index in [1.807, 2.05) is 38.1 Å². The van der Waals surface area contributed by atoms with E-state index in [1.165, 1.54) is 0 Å². The van der Waals surface area contributed by atoms with Gasteiger partial charge in [0.15, 0.2) is 0 Å². The number of hydrogen-bond donors (Lipinski definition) is 0. The molecule has 0 atom stereocenters. The molecule has 0 unspecified atom stereocenters. The summed E-state index contributed by atoms with van der Waals surface area (Å²) in [4.78, 5) is 20.5. The van der Waals surface area contributed by atoms with Crippen molar-refractivity contribution in [2.45, 2.75) is 27.7 Å². The summed E-state index contributed by atoms with van der Waals surface area (Å²) in [5, 5.41) is 0. The molecule has 5 heteroatoms. The minimum absolute atomic E-state index is 0. The fraction of sp³-hybridized carbons (Fsp3) is 0.100. The first-order valence-corrected chi connectivity index (χ1v) is 14.6. The number of aryl methyl sites for hydroxylation is 2. The third-order valence-corrected chi connectivity index (χ3v) is 8.01. The maximum atomic E-state index is 5.12. The van der Waals surface area contributed by atoms with Crippen molar-refractivity contribution < 1.29 is 19.5 Å². The third-order valence-electron chi connectivity index (χ3n) is 8.01. The van der Waals surface area contributed by atoms with Gasteiger partial charge in [0.25, 0.3) is 0 Å². The Kier molecular flexibility index (Phi) is 8.23. The summed E-state index contributed by atoms with van der Waals surface area (Å²) in [5.74, 6) is 12.2. The number of nitrogens with zero attached hydrogens (tertiary/aromatic N) is 4. The first kappa shape index (κ1) is 29.8. The van der Waals surface area contributed by atoms with E-state index in [-0.39, 0.29) is 19.5 Å². The van der Waals surface area contributed by atoms with Crippen LogP contribution in [0, 0.1) is 37.5 Å². The first-order chi connectivity index (χ1) is 21.5. The average Bonchev–Trinajstić information content (AvgIpc) is 3.87. The molecule has 2 aromatic carbocycles. The molecule has 7 rings (SSSR count). The summed E-state index contributed by atoms with van der Waals surface area (Å²) in [6, 6.07) is 24.8. The smallest absolute Gasteiger partial charge is 0.657 e. The van der Waals surface area contributed by atoms with Crippen LogP contribution in [0.15, 0.2) is 72.8 Å². The standard InChI is InChI=1S/C40H28N4.Zn/c1-5-7-27-9-13-29(14-10-27)39-35-21-17-31(41-35)25(3)33-19-23-37(43-33)40(30-15-11-28(8-6-2)12-16-30)38-24-20-34(44-38)26(4)32-18-22-36(39)42-32;/h9-24H,1-4H3;/q-2;+2. The molecule has 2 aliphatic heterocycles. The molecule has 210 valence electrons. The van der Waals surface area contributed by atoms with Gasteiger partial charge in [-0.25, -0.2) is 9.97 Å². The molecule has 4 nitrogen and oxygen atoms in total. The Hall–Kier alpha value is -5.22. The second-order valence-electron chi connectivity index (χ2n) is 10.8. The van der Waals surface area contributed by atoms with E-state index >= 15 is 0 Å². The van der Waals surface area contributed by atoms with Crippen molar-refractivity contribution in [3.8, 4) is 45.9 Å². The quantitative estimate of drug-likeness (QED) is 0.142. The third kappa shape index (κ3) is 5.60. The molecule has 45 heavy (non-hydrogen) atoms. The fourth-order valence-corrected chi connectivity index (χ4v) is 5.69. The van der Waals surface area contributed by atoms with Gasteiger partial charge in [-0.1, -0.05) is 60.4 Å². The van der Waals surface area contributed by atoms with Crippen LogP contribution in [0.2, 0.25) is 0 Å². The molecule has 0 radical (unpaired) electrons. The number of fused-ring (bicyclic) bond motifs is 8. The Morgan fingerprint density at radius 1 is 0.467 bits per heavy atom. The molecule has 0 fully saturated rings. The fourth-order valence-electron chi connectivity index (χ4n) is 5.69. The molecular formula is C40H28N4Zn. The van der Waals surface area contributed by atoms with E-state index in [2.05, 4.69) is 110 Å². The summed E-state index contributed by atoms with van der Waals surface area (Å²) < 4.78 is 0. The molecule has 0 spiro atoms. The molecular weight excluding hydrogens is 602 g/mol. The van der Waals surface area contributed by atoms with Crippen molar-refractivity contribution in [3.05, 3.63) is 118 Å². The Balaban J connectivity index is 0.00000357. The van der Waals surface area contributed by atoms with Crippen molar-refractivity contribution in [3.63, 3.8) is 0 Å². The maximum absolute atomic E-state index is 5.12. The Labute approximate surface area is 276 Å². The minimum atomic E-state index is 0. The Morgan fingerprint density at radius 2 is 0.822 bits per heavy atom. The van der Waals surface area contributed by atoms with E-state index in [9.17, 15) is 0 Å². The van der Waals surface area contributed by atoms with Gasteiger partial charge in [-0.3, -0.25) is 0 Å². The van der Waals surface area contributed by atoms with E-state index in [0.29, 0.717) is 0 Å². The predicted octanol–water partition coefficient (Wildman–Crippen LogP) is 8.60. The molecule has 0 saturated carbocycles. The van der Waals surface area contributed by atoms with Crippen LogP contribution in [-0.4, -0.2) is 9.97 Å². The molecule has 0 aliphatic carbocycles. The van der Waals surface area contributed by atoms with Gasteiger partial charge in [0.1, 0.15) is 0 Å². The van der Waals surface area contributed by atoms with Crippen molar-refractivity contribution in [2.75, 3.05) is 0 Å². The van der Waals surface area contributed by atoms with Gasteiger partial charge in [-0.2, -0.15) is 0 Å². The normalized spacial score (nSPS) is 11.3. The van der Waals surface area contributed by atoms with Gasteiger partial charge in [-0.15, -0.1) is 33.9 Å². The number of rotatable bonds is 2.